The van der Waals surface area contributed by atoms with Crippen molar-refractivity contribution in [2.24, 2.45) is 0 Å². The molecule has 0 aromatic heterocycles. The molecule has 0 aliphatic heterocycles. The Kier molecular flexibility index (Phi) is 48.9. The van der Waals surface area contributed by atoms with Crippen LogP contribution in [0.4, 0.5) is 0 Å². The molecule has 0 bridgehead atoms. The minimum Gasteiger partial charge on any atom is -0.545 e. The van der Waals surface area contributed by atoms with Crippen LogP contribution in [-0.2, 0) is 28.7 Å². The van der Waals surface area contributed by atoms with Crippen molar-refractivity contribution in [2.45, 2.75) is 168 Å². The van der Waals surface area contributed by atoms with E-state index in [9.17, 15) is 39.6 Å². The summed E-state index contributed by atoms with van der Waals surface area (Å²) in [5.74, 6) is -5.80. The molecule has 280 valence electrons. The number of ether oxygens (including phenoxy) is 2. The third kappa shape index (κ3) is 44.8. The van der Waals surface area contributed by atoms with Crippen molar-refractivity contribution in [2.75, 3.05) is 26.4 Å². The van der Waals surface area contributed by atoms with E-state index in [0.717, 1.165) is 90.6 Å². The Morgan fingerprint density at radius 3 is 0.880 bits per heavy atom. The molecule has 50 heavy (non-hydrogen) atoms. The summed E-state index contributed by atoms with van der Waals surface area (Å²) >= 11 is 0. The summed E-state index contributed by atoms with van der Waals surface area (Å²) in [5.41, 5.74) is -0.368. The van der Waals surface area contributed by atoms with Gasteiger partial charge in [0, 0.05) is 26.4 Å². The summed E-state index contributed by atoms with van der Waals surface area (Å²) in [5, 5.41) is 42.2. The normalized spacial score (nSPS) is 11.2. The van der Waals surface area contributed by atoms with Crippen molar-refractivity contribution in [3.63, 3.8) is 0 Å². The van der Waals surface area contributed by atoms with Gasteiger partial charge in [0.15, 0.2) is 0 Å². The molecule has 0 saturated carbocycles. The number of unbranched alkanes of at least 4 members (excludes halogenated alkanes) is 18. The first-order chi connectivity index (χ1) is 23.1. The fraction of sp³-hybridized carbons (Fsp3) is 0.789. The molecule has 0 heterocycles. The van der Waals surface area contributed by atoms with E-state index >= 15 is 0 Å². The van der Waals surface area contributed by atoms with E-state index in [-0.39, 0.29) is 70.1 Å². The minimum atomic E-state index is -1.48. The standard InChI is InChI=1S/2C19H34O5.2Mg/c2*1-2-3-14-24-15-12-10-8-6-4-5-7-9-11-13-17(19(22)23)16-18(20)21;;/h2*16H,2-15H2,1H3,(H,20,21)(H,22,23);;/q;;2*+2/p-4/b2*17-16-;;. The molecule has 0 saturated heterocycles. The van der Waals surface area contributed by atoms with Gasteiger partial charge in [-0.2, -0.15) is 0 Å². The number of carboxylic acid groups (broad SMARTS) is 4. The topological polar surface area (TPSA) is 179 Å². The predicted octanol–water partition coefficient (Wildman–Crippen LogP) is 3.50. The van der Waals surface area contributed by atoms with E-state index in [4.69, 9.17) is 9.47 Å². The molecule has 0 rings (SSSR count). The van der Waals surface area contributed by atoms with Gasteiger partial charge < -0.3 is 49.1 Å². The molecular formula is C38H64Mg2O10. The Bertz CT molecular complexity index is 808. The summed E-state index contributed by atoms with van der Waals surface area (Å²) < 4.78 is 11.0. The Morgan fingerprint density at radius 2 is 0.640 bits per heavy atom. The van der Waals surface area contributed by atoms with Crippen molar-refractivity contribution in [1.82, 2.24) is 0 Å². The predicted molar refractivity (Wildman–Crippen MR) is 191 cm³/mol. The third-order valence-electron chi connectivity index (χ3n) is 7.86. The number of hydrogen-bond acceptors (Lipinski definition) is 10. The van der Waals surface area contributed by atoms with Gasteiger partial charge in [0.1, 0.15) is 0 Å². The smallest absolute Gasteiger partial charge is 0.545 e. The zero-order valence-corrected chi connectivity index (χ0v) is 34.3. The fourth-order valence-electron chi connectivity index (χ4n) is 4.96. The van der Waals surface area contributed by atoms with Gasteiger partial charge in [-0.15, -0.1) is 0 Å². The Morgan fingerprint density at radius 1 is 0.400 bits per heavy atom. The van der Waals surface area contributed by atoms with Crippen molar-refractivity contribution < 1.29 is 49.1 Å². The Labute approximate surface area is 334 Å². The van der Waals surface area contributed by atoms with Crippen molar-refractivity contribution >= 4 is 70.0 Å². The molecule has 0 radical (unpaired) electrons. The molecule has 10 nitrogen and oxygen atoms in total. The van der Waals surface area contributed by atoms with Crippen LogP contribution in [0.15, 0.2) is 23.3 Å². The second kappa shape index (κ2) is 44.0. The summed E-state index contributed by atoms with van der Waals surface area (Å²) in [4.78, 5) is 42.2. The van der Waals surface area contributed by atoms with Gasteiger partial charge in [0.05, 0.1) is 23.9 Å². The maximum Gasteiger partial charge on any atom is 2.00 e. The zero-order valence-electron chi connectivity index (χ0n) is 31.5. The van der Waals surface area contributed by atoms with Crippen molar-refractivity contribution in [3.8, 4) is 0 Å². The molecule has 0 spiro atoms. The average Bonchev–Trinajstić information content (AvgIpc) is 3.03. The maximum atomic E-state index is 10.7. The van der Waals surface area contributed by atoms with Crippen LogP contribution in [0.2, 0.25) is 0 Å². The molecule has 0 N–H and O–H groups in total. The quantitative estimate of drug-likeness (QED) is 0.0541. The first-order valence-corrected chi connectivity index (χ1v) is 18.6. The van der Waals surface area contributed by atoms with Crippen molar-refractivity contribution in [3.05, 3.63) is 23.3 Å². The van der Waals surface area contributed by atoms with E-state index in [2.05, 4.69) is 13.8 Å². The molecule has 0 fully saturated rings. The van der Waals surface area contributed by atoms with Gasteiger partial charge in [-0.25, -0.2) is 0 Å². The number of carboxylic acids is 4. The largest absolute Gasteiger partial charge is 2.00 e. The van der Waals surface area contributed by atoms with E-state index < -0.39 is 23.9 Å². The summed E-state index contributed by atoms with van der Waals surface area (Å²) in [7, 11) is 0. The number of carbonyl (C=O) groups excluding carboxylic acids is 4. The van der Waals surface area contributed by atoms with Gasteiger partial charge in [-0.3, -0.25) is 0 Å². The molecule has 0 aliphatic rings. The maximum absolute atomic E-state index is 10.7. The van der Waals surface area contributed by atoms with Gasteiger partial charge >= 0.3 is 46.1 Å². The SMILES string of the molecule is CCCCOCCCCCCCCCCC/C(=C/C(=O)[O-])C(=O)[O-].CCCCOCCCCCCCCCCC/C(=C/C(=O)[O-])C(=O)[O-].[Mg+2].[Mg+2]. The third-order valence-corrected chi connectivity index (χ3v) is 7.86. The van der Waals surface area contributed by atoms with Crippen LogP contribution >= 0.6 is 0 Å². The average molecular weight is 730 g/mol. The summed E-state index contributed by atoms with van der Waals surface area (Å²) in [6.07, 6.45) is 25.9. The van der Waals surface area contributed by atoms with Crippen molar-refractivity contribution in [1.29, 1.82) is 0 Å². The molecule has 12 heteroatoms. The Hall–Kier alpha value is -1.19. The molecular weight excluding hydrogens is 665 g/mol. The van der Waals surface area contributed by atoms with Gasteiger partial charge in [0.25, 0.3) is 0 Å². The molecule has 0 aromatic carbocycles. The Balaban J connectivity index is -0.000000407. The van der Waals surface area contributed by atoms with Crippen LogP contribution < -0.4 is 20.4 Å². The molecule has 0 aliphatic carbocycles. The second-order valence-corrected chi connectivity index (χ2v) is 12.3. The summed E-state index contributed by atoms with van der Waals surface area (Å²) in [6, 6.07) is 0. The van der Waals surface area contributed by atoms with Gasteiger partial charge in [-0.05, 0) is 74.7 Å². The minimum absolute atomic E-state index is 0. The monoisotopic (exact) mass is 728 g/mol. The first-order valence-electron chi connectivity index (χ1n) is 18.6. The van der Waals surface area contributed by atoms with Gasteiger partial charge in [0.2, 0.25) is 0 Å². The van der Waals surface area contributed by atoms with E-state index in [1.165, 1.54) is 64.2 Å². The van der Waals surface area contributed by atoms with Crippen LogP contribution in [0.25, 0.3) is 0 Å². The molecule has 0 unspecified atom stereocenters. The van der Waals surface area contributed by atoms with E-state index in [1.807, 2.05) is 0 Å². The second-order valence-electron chi connectivity index (χ2n) is 12.3. The molecule has 0 aromatic rings. The van der Waals surface area contributed by atoms with Crippen LogP contribution in [0.5, 0.6) is 0 Å². The fourth-order valence-corrected chi connectivity index (χ4v) is 4.96. The first kappa shape index (κ1) is 55.6. The van der Waals surface area contributed by atoms with Crippen LogP contribution in [0.3, 0.4) is 0 Å². The number of rotatable bonds is 34. The van der Waals surface area contributed by atoms with E-state index in [1.54, 1.807) is 0 Å². The zero-order chi connectivity index (χ0) is 36.1. The molecule has 0 amide bonds. The van der Waals surface area contributed by atoms with Crippen LogP contribution in [-0.4, -0.2) is 96.4 Å². The summed E-state index contributed by atoms with van der Waals surface area (Å²) in [6.45, 7) is 7.84. The molecule has 0 atom stereocenters. The number of carbonyl (C=O) groups is 4. The number of hydrogen-bond donors (Lipinski definition) is 0. The van der Waals surface area contributed by atoms with Gasteiger partial charge in [-0.1, -0.05) is 117 Å². The van der Waals surface area contributed by atoms with E-state index in [0.29, 0.717) is 25.0 Å². The van der Waals surface area contributed by atoms with Crippen LogP contribution in [0, 0.1) is 0 Å². The number of aliphatic carboxylic acids is 4. The van der Waals surface area contributed by atoms with Crippen LogP contribution in [0.1, 0.15) is 168 Å².